The second-order valence-corrected chi connectivity index (χ2v) is 5.52. The van der Waals surface area contributed by atoms with Crippen molar-refractivity contribution in [3.05, 3.63) is 16.7 Å². The number of thiophene rings is 1. The van der Waals surface area contributed by atoms with Crippen LogP contribution in [0.1, 0.15) is 20.3 Å². The molecule has 0 unspecified atom stereocenters. The smallest absolute Gasteiger partial charge is 0.225 e. The van der Waals surface area contributed by atoms with E-state index in [0.717, 1.165) is 48.6 Å². The van der Waals surface area contributed by atoms with Crippen molar-refractivity contribution in [2.45, 2.75) is 20.3 Å². The van der Waals surface area contributed by atoms with E-state index in [2.05, 4.69) is 34.0 Å². The van der Waals surface area contributed by atoms with Crippen LogP contribution in [-0.2, 0) is 0 Å². The van der Waals surface area contributed by atoms with Crippen molar-refractivity contribution < 1.29 is 0 Å². The van der Waals surface area contributed by atoms with Gasteiger partial charge < -0.3 is 10.2 Å². The Labute approximate surface area is 122 Å². The van der Waals surface area contributed by atoms with Gasteiger partial charge in [-0.2, -0.15) is 0 Å². The lowest BCUT2D eigenvalue weighted by Gasteiger charge is -2.17. The van der Waals surface area contributed by atoms with Crippen LogP contribution in [0.15, 0.2) is 11.4 Å². The number of nitrogens with one attached hydrogen (secondary N) is 1. The molecule has 6 heteroatoms. The Balaban J connectivity index is 1.92. The molecule has 0 aliphatic heterocycles. The summed E-state index contributed by atoms with van der Waals surface area (Å²) in [5, 5.41) is 6.73. The molecule has 2 aromatic rings. The van der Waals surface area contributed by atoms with Gasteiger partial charge in [0.1, 0.15) is 10.6 Å². The van der Waals surface area contributed by atoms with Crippen molar-refractivity contribution in [2.75, 3.05) is 31.5 Å². The minimum Gasteiger partial charge on any atom is -0.369 e. The van der Waals surface area contributed by atoms with Gasteiger partial charge in [-0.05, 0) is 49.1 Å². The monoisotopic (exact) mass is 298 g/mol. The molecule has 0 atom stereocenters. The van der Waals surface area contributed by atoms with E-state index in [1.165, 1.54) is 0 Å². The summed E-state index contributed by atoms with van der Waals surface area (Å²) >= 11 is 7.51. The first-order valence-electron chi connectivity index (χ1n) is 6.61. The summed E-state index contributed by atoms with van der Waals surface area (Å²) in [6.45, 7) is 8.58. The van der Waals surface area contributed by atoms with Crippen LogP contribution >= 0.6 is 22.9 Å². The molecular formula is C13H19ClN4S. The fourth-order valence-corrected chi connectivity index (χ4v) is 3.00. The highest BCUT2D eigenvalue weighted by Crippen LogP contribution is 2.26. The van der Waals surface area contributed by atoms with E-state index in [9.17, 15) is 0 Å². The molecule has 0 aliphatic rings. The summed E-state index contributed by atoms with van der Waals surface area (Å²) in [7, 11) is 0. The van der Waals surface area contributed by atoms with E-state index in [4.69, 9.17) is 11.6 Å². The maximum absolute atomic E-state index is 5.93. The van der Waals surface area contributed by atoms with Crippen LogP contribution in [0, 0.1) is 0 Å². The first-order chi connectivity index (χ1) is 9.24. The van der Waals surface area contributed by atoms with Gasteiger partial charge in [0, 0.05) is 6.54 Å². The highest BCUT2D eigenvalue weighted by Gasteiger charge is 2.07. The lowest BCUT2D eigenvalue weighted by Crippen LogP contribution is -2.25. The predicted molar refractivity (Wildman–Crippen MR) is 83.3 cm³/mol. The van der Waals surface area contributed by atoms with Gasteiger partial charge in [-0.1, -0.05) is 13.8 Å². The van der Waals surface area contributed by atoms with Crippen molar-refractivity contribution in [1.82, 2.24) is 14.9 Å². The van der Waals surface area contributed by atoms with Gasteiger partial charge >= 0.3 is 0 Å². The Morgan fingerprint density at radius 3 is 2.84 bits per heavy atom. The number of fused-ring (bicyclic) bond motifs is 1. The lowest BCUT2D eigenvalue weighted by molar-refractivity contribution is 0.303. The third kappa shape index (κ3) is 3.78. The largest absolute Gasteiger partial charge is 0.369 e. The van der Waals surface area contributed by atoms with Crippen molar-refractivity contribution >= 4 is 39.0 Å². The minimum atomic E-state index is 0.307. The fourth-order valence-electron chi connectivity index (χ4n) is 2.01. The van der Waals surface area contributed by atoms with Crippen molar-refractivity contribution in [3.63, 3.8) is 0 Å². The summed E-state index contributed by atoms with van der Waals surface area (Å²) in [5.74, 6) is 0.843. The Morgan fingerprint density at radius 2 is 2.11 bits per heavy atom. The third-order valence-electron chi connectivity index (χ3n) is 3.14. The predicted octanol–water partition coefficient (Wildman–Crippen LogP) is 3.49. The molecule has 0 aromatic carbocycles. The summed E-state index contributed by atoms with van der Waals surface area (Å²) in [5.41, 5.74) is 0. The number of nitrogens with zero attached hydrogens (tertiary/aromatic N) is 3. The van der Waals surface area contributed by atoms with Gasteiger partial charge in [0.25, 0.3) is 0 Å². The molecule has 0 aliphatic carbocycles. The Hall–Kier alpha value is -0.910. The molecule has 0 saturated carbocycles. The summed E-state index contributed by atoms with van der Waals surface area (Å²) in [4.78, 5) is 11.8. The van der Waals surface area contributed by atoms with Crippen LogP contribution in [0.25, 0.3) is 10.2 Å². The molecule has 4 nitrogen and oxygen atoms in total. The number of hydrogen-bond donors (Lipinski definition) is 1. The molecule has 104 valence electrons. The quantitative estimate of drug-likeness (QED) is 0.627. The Kier molecular flexibility index (Phi) is 5.36. The maximum atomic E-state index is 5.93. The second-order valence-electron chi connectivity index (χ2n) is 4.29. The molecule has 2 rings (SSSR count). The number of aromatic nitrogens is 2. The molecule has 0 saturated heterocycles. The van der Waals surface area contributed by atoms with Crippen molar-refractivity contribution in [3.8, 4) is 0 Å². The highest BCUT2D eigenvalue weighted by atomic mass is 35.5. The zero-order valence-electron chi connectivity index (χ0n) is 11.3. The lowest BCUT2D eigenvalue weighted by atomic mass is 10.3. The first-order valence-corrected chi connectivity index (χ1v) is 7.87. The SMILES string of the molecule is CCN(CC)CCCNc1nc(Cl)nc2sccc12. The summed E-state index contributed by atoms with van der Waals surface area (Å²) in [6, 6.07) is 2.03. The van der Waals surface area contributed by atoms with Crippen LogP contribution in [0.4, 0.5) is 5.82 Å². The maximum Gasteiger partial charge on any atom is 0.225 e. The van der Waals surface area contributed by atoms with Gasteiger partial charge in [-0.15, -0.1) is 11.3 Å². The van der Waals surface area contributed by atoms with Crippen molar-refractivity contribution in [2.24, 2.45) is 0 Å². The van der Waals surface area contributed by atoms with Crippen molar-refractivity contribution in [1.29, 1.82) is 0 Å². The van der Waals surface area contributed by atoms with Crippen LogP contribution in [0.2, 0.25) is 5.28 Å². The average molecular weight is 299 g/mol. The third-order valence-corrected chi connectivity index (χ3v) is 4.11. The number of anilines is 1. The molecule has 0 spiro atoms. The topological polar surface area (TPSA) is 41.0 Å². The number of hydrogen-bond acceptors (Lipinski definition) is 5. The van der Waals surface area contributed by atoms with E-state index >= 15 is 0 Å². The van der Waals surface area contributed by atoms with Crippen LogP contribution in [0.3, 0.4) is 0 Å². The van der Waals surface area contributed by atoms with E-state index < -0.39 is 0 Å². The van der Waals surface area contributed by atoms with E-state index in [-0.39, 0.29) is 0 Å². The first kappa shape index (κ1) is 14.5. The molecule has 0 radical (unpaired) electrons. The van der Waals surface area contributed by atoms with Gasteiger partial charge in [-0.3, -0.25) is 0 Å². The normalized spacial score (nSPS) is 11.4. The summed E-state index contributed by atoms with van der Waals surface area (Å²) < 4.78 is 0. The van der Waals surface area contributed by atoms with E-state index in [0.29, 0.717) is 5.28 Å². The van der Waals surface area contributed by atoms with Gasteiger partial charge in [0.15, 0.2) is 0 Å². The van der Waals surface area contributed by atoms with E-state index in [1.54, 1.807) is 11.3 Å². The number of rotatable bonds is 7. The van der Waals surface area contributed by atoms with E-state index in [1.807, 2.05) is 11.4 Å². The van der Waals surface area contributed by atoms with Crippen LogP contribution in [-0.4, -0.2) is 41.0 Å². The molecule has 2 heterocycles. The molecule has 0 fully saturated rings. The highest BCUT2D eigenvalue weighted by molar-refractivity contribution is 7.16. The zero-order valence-corrected chi connectivity index (χ0v) is 12.9. The Bertz CT molecular complexity index is 524. The standard InChI is InChI=1S/C13H19ClN4S/c1-3-18(4-2)8-5-7-15-11-10-6-9-19-12(10)17-13(14)16-11/h6,9H,3-5,7-8H2,1-2H3,(H,15,16,17). The van der Waals surface area contributed by atoms with Gasteiger partial charge in [-0.25, -0.2) is 9.97 Å². The molecule has 0 bridgehead atoms. The minimum absolute atomic E-state index is 0.307. The zero-order chi connectivity index (χ0) is 13.7. The molecular weight excluding hydrogens is 280 g/mol. The molecule has 2 aromatic heterocycles. The number of halogens is 1. The average Bonchev–Trinajstić information content (AvgIpc) is 2.86. The molecule has 0 amide bonds. The van der Waals surface area contributed by atoms with Gasteiger partial charge in [0.2, 0.25) is 5.28 Å². The van der Waals surface area contributed by atoms with Crippen LogP contribution < -0.4 is 5.32 Å². The Morgan fingerprint density at radius 1 is 1.32 bits per heavy atom. The molecule has 19 heavy (non-hydrogen) atoms. The summed E-state index contributed by atoms with van der Waals surface area (Å²) in [6.07, 6.45) is 1.09. The second kappa shape index (κ2) is 7.03. The molecule has 1 N–H and O–H groups in total. The fraction of sp³-hybridized carbons (Fsp3) is 0.538. The van der Waals surface area contributed by atoms with Gasteiger partial charge in [0.05, 0.1) is 5.39 Å². The van der Waals surface area contributed by atoms with Crippen LogP contribution in [0.5, 0.6) is 0 Å².